The largest absolute Gasteiger partial charge is 0.505 e. The summed E-state index contributed by atoms with van der Waals surface area (Å²) in [6, 6.07) is 16.7. The summed E-state index contributed by atoms with van der Waals surface area (Å²) in [6.45, 7) is -1.69. The van der Waals surface area contributed by atoms with Crippen LogP contribution >= 0.6 is 10.8 Å². The number of aliphatic hydroxyl groups is 2. The molecule has 0 bridgehead atoms. The van der Waals surface area contributed by atoms with Gasteiger partial charge in [-0.1, -0.05) is 12.1 Å². The summed E-state index contributed by atoms with van der Waals surface area (Å²) >= 11 is 0. The Morgan fingerprint density at radius 3 is 1.92 bits per heavy atom. The fourth-order valence-electron chi connectivity index (χ4n) is 6.75. The lowest BCUT2D eigenvalue weighted by atomic mass is 10.1. The van der Waals surface area contributed by atoms with Gasteiger partial charge in [0.1, 0.15) is 61.4 Å². The molecule has 1 aliphatic heterocycles. The number of hydrogen-bond donors (Lipinski definition) is 8. The molecule has 0 spiro atoms. The number of ether oxygens (including phenoxy) is 2. The normalized spacial score (nSPS) is 15.8. The van der Waals surface area contributed by atoms with Crippen LogP contribution in [0.25, 0.3) is 21.5 Å². The summed E-state index contributed by atoms with van der Waals surface area (Å²) in [7, 11) is -15.2. The number of aliphatic hydroxyl groups excluding tert-OH is 2. The fourth-order valence-corrected chi connectivity index (χ4v) is 9.36. The van der Waals surface area contributed by atoms with Gasteiger partial charge >= 0.3 is 5.97 Å². The Balaban J connectivity index is 1.24. The Morgan fingerprint density at radius 1 is 0.732 bits per heavy atom. The van der Waals surface area contributed by atoms with Crippen LogP contribution in [0.4, 0.5) is 34.1 Å². The Labute approximate surface area is 403 Å². The number of carbonyl (C=O) groups is 2. The summed E-state index contributed by atoms with van der Waals surface area (Å²) in [5, 5.41) is 69.2. The lowest BCUT2D eigenvalue weighted by Crippen LogP contribution is -2.33. The number of hydrazone groups is 1. The average molecular weight is 1050 g/mol. The van der Waals surface area contributed by atoms with Crippen molar-refractivity contribution >= 4 is 126 Å². The highest BCUT2D eigenvalue weighted by atomic mass is 32.2. The van der Waals surface area contributed by atoms with Crippen molar-refractivity contribution in [3.05, 3.63) is 91.0 Å². The number of hydrogen-bond acceptors (Lipinski definition) is 20. The van der Waals surface area contributed by atoms with E-state index in [9.17, 15) is 69.3 Å². The van der Waals surface area contributed by atoms with Crippen LogP contribution in [0.1, 0.15) is 0 Å². The van der Waals surface area contributed by atoms with E-state index in [0.717, 1.165) is 18.2 Å². The summed E-state index contributed by atoms with van der Waals surface area (Å²) in [6.07, 6.45) is 0. The quantitative estimate of drug-likeness (QED) is 0.0249. The highest BCUT2D eigenvalue weighted by molar-refractivity contribution is 8.09. The molecule has 71 heavy (non-hydrogen) atoms. The number of anilines is 1. The number of benzene rings is 6. The molecule has 1 amide bonds. The van der Waals surface area contributed by atoms with Crippen molar-refractivity contribution in [3.8, 4) is 17.2 Å². The minimum absolute atomic E-state index is 0.0146. The van der Waals surface area contributed by atoms with Gasteiger partial charge in [-0.05, 0) is 100 Å². The van der Waals surface area contributed by atoms with Gasteiger partial charge in [-0.15, -0.1) is 15.3 Å². The van der Waals surface area contributed by atoms with Gasteiger partial charge < -0.3 is 39.0 Å². The maximum Gasteiger partial charge on any atom is 0.355 e. The number of amides is 1. The van der Waals surface area contributed by atoms with E-state index in [1.54, 1.807) is 0 Å². The van der Waals surface area contributed by atoms with E-state index in [1.165, 1.54) is 72.8 Å². The van der Waals surface area contributed by atoms with Crippen LogP contribution in [0.5, 0.6) is 17.2 Å². The Bertz CT molecular complexity index is 3660. The first-order valence-electron chi connectivity index (χ1n) is 19.8. The van der Waals surface area contributed by atoms with E-state index >= 15 is 0 Å². The highest BCUT2D eigenvalue weighted by Crippen LogP contribution is 2.46. The Morgan fingerprint density at radius 2 is 1.35 bits per heavy atom. The van der Waals surface area contributed by atoms with Gasteiger partial charge in [0, 0.05) is 27.8 Å². The first-order chi connectivity index (χ1) is 33.5. The molecule has 6 aromatic carbocycles. The number of phenols is 1. The highest BCUT2D eigenvalue weighted by Gasteiger charge is 2.41. The first-order valence-corrected chi connectivity index (χ1v) is 25.7. The molecule has 1 aliphatic rings. The number of carbonyl (C=O) groups excluding carboxylic acids is 1. The van der Waals surface area contributed by atoms with Crippen LogP contribution < -0.4 is 14.5 Å². The molecule has 25 nitrogen and oxygen atoms in total. The molecule has 0 fully saturated rings. The number of aromatic hydroxyl groups is 1. The summed E-state index contributed by atoms with van der Waals surface area (Å²) in [5.41, 5.74) is -1.96. The van der Waals surface area contributed by atoms with Crippen LogP contribution in [0.2, 0.25) is 0 Å². The number of carboxylic acid groups (broad SMARTS) is 1. The standard InChI is InChI=1S/C42H36N8O17S4/c1-68(57)34-19-24(18-29-28(34)4-3-5-35(29)70(60,61)62)44-45-30-20-33(67-15-13-52)31(21-32(30)66-14-12-51)46-47-37-36(71(63,64)65)17-22-16-23(6-11-27(22)40(37)53)43-48-38-39(42(55)56)49-50(41(38)54)25-7-9-26(10-8-25)69(2,58)59/h3-11,16-21,38,51-53,57H,1-2,12-15H2,(H,55,56)(H,58,59)(H,60,61,62)(H,63,64,65). The molecule has 8 N–H and O–H groups in total. The van der Waals surface area contributed by atoms with Gasteiger partial charge in [0.25, 0.3) is 26.1 Å². The molecule has 29 heteroatoms. The first kappa shape index (κ1) is 51.4. The van der Waals surface area contributed by atoms with Gasteiger partial charge in [0.15, 0.2) is 11.5 Å². The SMILES string of the molecule is C=S(O)c1cc(N=Nc2cc(OCCO)c(N=Nc3c(S(=O)(=O)O)cc4cc(N=NC5C(=O)N(c6ccc(S(=C)(=O)O)cc6)N=C5C(=O)O)ccc4c3O)cc2OCCO)cc2c(S(=O)(=O)O)cccc12. The van der Waals surface area contributed by atoms with Gasteiger partial charge in [-0.2, -0.15) is 42.3 Å². The number of fused-ring (bicyclic) bond motifs is 2. The topological polar surface area (TPSA) is 390 Å². The van der Waals surface area contributed by atoms with E-state index in [2.05, 4.69) is 47.5 Å². The second kappa shape index (κ2) is 20.5. The van der Waals surface area contributed by atoms with Crippen LogP contribution in [0, 0.1) is 0 Å². The number of azo groups is 3. The molecule has 7 rings (SSSR count). The zero-order chi connectivity index (χ0) is 51.6. The molecule has 370 valence electrons. The van der Waals surface area contributed by atoms with E-state index in [4.69, 9.17) is 9.47 Å². The van der Waals surface area contributed by atoms with Gasteiger partial charge in [0.2, 0.25) is 6.04 Å². The van der Waals surface area contributed by atoms with Crippen LogP contribution in [0.3, 0.4) is 0 Å². The minimum atomic E-state index is -5.22. The van der Waals surface area contributed by atoms with Crippen LogP contribution in [-0.4, -0.2) is 121 Å². The van der Waals surface area contributed by atoms with Crippen LogP contribution in [0.15, 0.2) is 146 Å². The second-order valence-electron chi connectivity index (χ2n) is 14.6. The molecule has 0 saturated heterocycles. The molecule has 0 radical (unpaired) electrons. The Kier molecular flexibility index (Phi) is 14.8. The minimum Gasteiger partial charge on any atom is -0.505 e. The van der Waals surface area contributed by atoms with Gasteiger partial charge in [-0.3, -0.25) is 13.9 Å². The molecule has 0 aromatic heterocycles. The number of nitrogens with zero attached hydrogens (tertiary/aromatic N) is 8. The lowest BCUT2D eigenvalue weighted by molar-refractivity contribution is -0.130. The molecule has 1 heterocycles. The molecule has 6 aromatic rings. The fraction of sp³-hybridized carbons (Fsp3) is 0.119. The molecular formula is C42H36N8O17S4. The smallest absolute Gasteiger partial charge is 0.355 e. The van der Waals surface area contributed by atoms with Crippen molar-refractivity contribution in [1.82, 2.24) is 0 Å². The lowest BCUT2D eigenvalue weighted by Gasteiger charge is -2.13. The summed E-state index contributed by atoms with van der Waals surface area (Å²) < 4.78 is 114. The average Bonchev–Trinajstić information content (AvgIpc) is 3.65. The zero-order valence-electron chi connectivity index (χ0n) is 35.9. The summed E-state index contributed by atoms with van der Waals surface area (Å²) in [4.78, 5) is 24.0. The molecule has 3 atom stereocenters. The number of phenolic OH excluding ortho intramolecular Hbond substituents is 1. The predicted octanol–water partition coefficient (Wildman–Crippen LogP) is 6.79. The van der Waals surface area contributed by atoms with Crippen molar-refractivity contribution in [1.29, 1.82) is 0 Å². The monoisotopic (exact) mass is 1050 g/mol. The number of aliphatic carboxylic acids is 1. The summed E-state index contributed by atoms with van der Waals surface area (Å²) in [5.74, 6) is 3.04. The maximum absolute atomic E-state index is 13.3. The van der Waals surface area contributed by atoms with E-state index in [1.807, 2.05) is 0 Å². The molecular weight excluding hydrogens is 1020 g/mol. The second-order valence-corrected chi connectivity index (χ2v) is 20.3. The third kappa shape index (κ3) is 11.3. The molecule has 0 aliphatic carbocycles. The molecule has 0 saturated carbocycles. The third-order valence-corrected chi connectivity index (χ3v) is 13.5. The van der Waals surface area contributed by atoms with Gasteiger partial charge in [0.05, 0.1) is 35.2 Å². The maximum atomic E-state index is 13.3. The van der Waals surface area contributed by atoms with Gasteiger partial charge in [-0.25, -0.2) is 9.00 Å². The number of rotatable bonds is 18. The van der Waals surface area contributed by atoms with Crippen molar-refractivity contribution < 1.29 is 78.7 Å². The Hall–Kier alpha value is -7.45. The predicted molar refractivity (Wildman–Crippen MR) is 258 cm³/mol. The molecule has 3 unspecified atom stereocenters. The van der Waals surface area contributed by atoms with Crippen molar-refractivity contribution in [3.63, 3.8) is 0 Å². The number of carboxylic acids is 1. The van der Waals surface area contributed by atoms with E-state index in [-0.39, 0.29) is 84.5 Å². The van der Waals surface area contributed by atoms with E-state index < -0.39 is 98.9 Å². The third-order valence-electron chi connectivity index (χ3n) is 9.88. The van der Waals surface area contributed by atoms with Crippen molar-refractivity contribution in [2.75, 3.05) is 31.4 Å². The van der Waals surface area contributed by atoms with Crippen molar-refractivity contribution in [2.24, 2.45) is 35.8 Å². The zero-order valence-corrected chi connectivity index (χ0v) is 39.2. The van der Waals surface area contributed by atoms with E-state index in [0.29, 0.717) is 5.01 Å². The van der Waals surface area contributed by atoms with Crippen molar-refractivity contribution in [2.45, 2.75) is 25.6 Å². The van der Waals surface area contributed by atoms with Crippen LogP contribution in [-0.2, 0) is 39.6 Å².